The van der Waals surface area contributed by atoms with Crippen molar-refractivity contribution in [3.63, 3.8) is 0 Å². The van der Waals surface area contributed by atoms with Gasteiger partial charge in [0.05, 0.1) is 25.4 Å². The molecule has 358 valence electrons. The average Bonchev–Trinajstić information content (AvgIpc) is 3.26. The lowest BCUT2D eigenvalue weighted by molar-refractivity contribution is -0.143. The molecular formula is C55H103NO5. The zero-order valence-electron chi connectivity index (χ0n) is 40.6. The first-order valence-electron chi connectivity index (χ1n) is 26.8. The van der Waals surface area contributed by atoms with Gasteiger partial charge >= 0.3 is 5.97 Å². The summed E-state index contributed by atoms with van der Waals surface area (Å²) in [5.74, 6) is -0.111. The number of ether oxygens (including phenoxy) is 1. The molecule has 6 heteroatoms. The van der Waals surface area contributed by atoms with E-state index in [4.69, 9.17) is 4.74 Å². The summed E-state index contributed by atoms with van der Waals surface area (Å²) in [5, 5.41) is 22.9. The Morgan fingerprint density at radius 2 is 0.803 bits per heavy atom. The highest BCUT2D eigenvalue weighted by atomic mass is 16.5. The van der Waals surface area contributed by atoms with Crippen molar-refractivity contribution in [1.29, 1.82) is 0 Å². The Labute approximate surface area is 379 Å². The van der Waals surface area contributed by atoms with E-state index in [0.29, 0.717) is 19.4 Å². The van der Waals surface area contributed by atoms with Gasteiger partial charge in [-0.05, 0) is 64.2 Å². The zero-order chi connectivity index (χ0) is 44.4. The average molecular weight is 858 g/mol. The summed E-state index contributed by atoms with van der Waals surface area (Å²) < 4.78 is 5.46. The van der Waals surface area contributed by atoms with Crippen LogP contribution in [0.1, 0.15) is 277 Å². The fraction of sp³-hybridized carbons (Fsp3) is 0.855. The standard InChI is InChI=1S/C55H103NO5/c1-3-5-7-9-11-13-15-16-17-18-19-22-25-29-33-37-41-45-49-55(60)61-50-46-42-38-34-30-26-23-20-21-24-28-32-36-40-44-48-54(59)56-52(51-57)53(58)47-43-39-35-31-27-14-12-10-8-6-4-2/h20,23,26,30,43,47,52-53,57-58H,3-19,21-22,24-25,27-29,31-42,44-46,48-51H2,1-2H3,(H,56,59)/b23-20-,30-26-,47-43+. The summed E-state index contributed by atoms with van der Waals surface area (Å²) in [6.07, 6.45) is 61.6. The number of carbonyl (C=O) groups is 2. The molecule has 0 fully saturated rings. The lowest BCUT2D eigenvalue weighted by atomic mass is 10.0. The smallest absolute Gasteiger partial charge is 0.305 e. The van der Waals surface area contributed by atoms with Gasteiger partial charge < -0.3 is 20.3 Å². The molecule has 0 spiro atoms. The number of aliphatic hydroxyl groups is 2. The predicted molar refractivity (Wildman–Crippen MR) is 264 cm³/mol. The summed E-state index contributed by atoms with van der Waals surface area (Å²) in [6.45, 7) is 4.83. The van der Waals surface area contributed by atoms with E-state index in [1.165, 1.54) is 173 Å². The van der Waals surface area contributed by atoms with Gasteiger partial charge in [0.2, 0.25) is 5.91 Å². The number of aliphatic hydroxyl groups excluding tert-OH is 2. The second-order valence-electron chi connectivity index (χ2n) is 18.2. The summed E-state index contributed by atoms with van der Waals surface area (Å²) in [6, 6.07) is -0.643. The highest BCUT2D eigenvalue weighted by Gasteiger charge is 2.18. The molecule has 6 nitrogen and oxygen atoms in total. The van der Waals surface area contributed by atoms with E-state index < -0.39 is 12.1 Å². The largest absolute Gasteiger partial charge is 0.466 e. The van der Waals surface area contributed by atoms with Crippen molar-refractivity contribution in [3.05, 3.63) is 36.5 Å². The first-order chi connectivity index (χ1) is 30.0. The van der Waals surface area contributed by atoms with Gasteiger partial charge in [-0.25, -0.2) is 0 Å². The van der Waals surface area contributed by atoms with Crippen LogP contribution in [0.25, 0.3) is 0 Å². The van der Waals surface area contributed by atoms with Gasteiger partial charge in [0.25, 0.3) is 0 Å². The molecule has 2 unspecified atom stereocenters. The Hall–Kier alpha value is -1.92. The molecule has 0 aromatic carbocycles. The number of nitrogens with one attached hydrogen (secondary N) is 1. The third-order valence-corrected chi connectivity index (χ3v) is 12.2. The molecular weight excluding hydrogens is 755 g/mol. The van der Waals surface area contributed by atoms with Crippen molar-refractivity contribution in [2.45, 2.75) is 289 Å². The number of rotatable bonds is 49. The summed E-state index contributed by atoms with van der Waals surface area (Å²) in [5.41, 5.74) is 0. The molecule has 2 atom stereocenters. The van der Waals surface area contributed by atoms with E-state index in [-0.39, 0.29) is 18.5 Å². The van der Waals surface area contributed by atoms with Crippen LogP contribution >= 0.6 is 0 Å². The van der Waals surface area contributed by atoms with Crippen LogP contribution in [0, 0.1) is 0 Å². The van der Waals surface area contributed by atoms with E-state index in [0.717, 1.165) is 77.0 Å². The molecule has 0 radical (unpaired) electrons. The van der Waals surface area contributed by atoms with Crippen LogP contribution in [0.2, 0.25) is 0 Å². The van der Waals surface area contributed by atoms with Crippen LogP contribution in [-0.2, 0) is 14.3 Å². The number of hydrogen-bond donors (Lipinski definition) is 3. The Morgan fingerprint density at radius 1 is 0.459 bits per heavy atom. The van der Waals surface area contributed by atoms with Crippen LogP contribution in [-0.4, -0.2) is 47.4 Å². The van der Waals surface area contributed by atoms with Crippen molar-refractivity contribution in [3.8, 4) is 0 Å². The Morgan fingerprint density at radius 3 is 1.21 bits per heavy atom. The van der Waals surface area contributed by atoms with Gasteiger partial charge in [-0.1, -0.05) is 237 Å². The van der Waals surface area contributed by atoms with Gasteiger partial charge in [0, 0.05) is 12.8 Å². The van der Waals surface area contributed by atoms with E-state index in [2.05, 4.69) is 43.5 Å². The van der Waals surface area contributed by atoms with Gasteiger partial charge in [-0.15, -0.1) is 0 Å². The van der Waals surface area contributed by atoms with E-state index in [9.17, 15) is 19.8 Å². The van der Waals surface area contributed by atoms with Crippen LogP contribution < -0.4 is 5.32 Å². The monoisotopic (exact) mass is 858 g/mol. The number of hydrogen-bond acceptors (Lipinski definition) is 5. The number of amides is 1. The van der Waals surface area contributed by atoms with Crippen molar-refractivity contribution in [2.75, 3.05) is 13.2 Å². The molecule has 0 bridgehead atoms. The normalized spacial score (nSPS) is 12.9. The molecule has 3 N–H and O–H groups in total. The van der Waals surface area contributed by atoms with E-state index >= 15 is 0 Å². The Kier molecular flexibility index (Phi) is 49.1. The maximum atomic E-state index is 12.4. The lowest BCUT2D eigenvalue weighted by Crippen LogP contribution is -2.45. The van der Waals surface area contributed by atoms with Crippen LogP contribution in [0.5, 0.6) is 0 Å². The minimum Gasteiger partial charge on any atom is -0.466 e. The molecule has 61 heavy (non-hydrogen) atoms. The van der Waals surface area contributed by atoms with Crippen molar-refractivity contribution in [1.82, 2.24) is 5.32 Å². The highest BCUT2D eigenvalue weighted by molar-refractivity contribution is 5.76. The van der Waals surface area contributed by atoms with Gasteiger partial charge in [0.1, 0.15) is 0 Å². The maximum absolute atomic E-state index is 12.4. The lowest BCUT2D eigenvalue weighted by Gasteiger charge is -2.20. The molecule has 0 aliphatic rings. The third-order valence-electron chi connectivity index (χ3n) is 12.2. The van der Waals surface area contributed by atoms with E-state index in [1.54, 1.807) is 6.08 Å². The summed E-state index contributed by atoms with van der Waals surface area (Å²) in [4.78, 5) is 24.4. The molecule has 0 aromatic rings. The molecule has 0 aliphatic heterocycles. The zero-order valence-corrected chi connectivity index (χ0v) is 40.6. The minimum atomic E-state index is -0.857. The second-order valence-corrected chi connectivity index (χ2v) is 18.2. The second kappa shape index (κ2) is 50.7. The van der Waals surface area contributed by atoms with Gasteiger partial charge in [-0.3, -0.25) is 9.59 Å². The van der Waals surface area contributed by atoms with Gasteiger partial charge in [-0.2, -0.15) is 0 Å². The number of allylic oxidation sites excluding steroid dienone is 5. The molecule has 0 aliphatic carbocycles. The molecule has 0 heterocycles. The van der Waals surface area contributed by atoms with Gasteiger partial charge in [0.15, 0.2) is 0 Å². The molecule has 0 rings (SSSR count). The number of carbonyl (C=O) groups excluding carboxylic acids is 2. The first-order valence-corrected chi connectivity index (χ1v) is 26.8. The fourth-order valence-electron chi connectivity index (χ4n) is 8.04. The fourth-order valence-corrected chi connectivity index (χ4v) is 8.04. The van der Waals surface area contributed by atoms with Crippen LogP contribution in [0.15, 0.2) is 36.5 Å². The van der Waals surface area contributed by atoms with Crippen LogP contribution in [0.3, 0.4) is 0 Å². The van der Waals surface area contributed by atoms with E-state index in [1.807, 2.05) is 6.08 Å². The SMILES string of the molecule is CCCCCCCCCCC/C=C/C(O)C(CO)NC(=O)CCCCCCCC/C=C\C=C/CCCCCOC(=O)CCCCCCCCCCCCCCCCCCCC. The third kappa shape index (κ3) is 47.4. The molecule has 0 saturated heterocycles. The highest BCUT2D eigenvalue weighted by Crippen LogP contribution is 2.16. The molecule has 0 saturated carbocycles. The quantitative estimate of drug-likeness (QED) is 0.0245. The summed E-state index contributed by atoms with van der Waals surface area (Å²) in [7, 11) is 0. The minimum absolute atomic E-state index is 0.0192. The van der Waals surface area contributed by atoms with Crippen molar-refractivity contribution >= 4 is 11.9 Å². The topological polar surface area (TPSA) is 95.9 Å². The van der Waals surface area contributed by atoms with Crippen molar-refractivity contribution in [2.24, 2.45) is 0 Å². The number of unbranched alkanes of at least 4 members (excludes halogenated alkanes) is 35. The summed E-state index contributed by atoms with van der Waals surface area (Å²) >= 11 is 0. The molecule has 1 amide bonds. The number of esters is 1. The maximum Gasteiger partial charge on any atom is 0.305 e. The molecule has 0 aromatic heterocycles. The Bertz CT molecular complexity index is 993. The first kappa shape index (κ1) is 59.1. The Balaban J connectivity index is 3.51. The van der Waals surface area contributed by atoms with Crippen molar-refractivity contribution < 1.29 is 24.5 Å². The van der Waals surface area contributed by atoms with Crippen LogP contribution in [0.4, 0.5) is 0 Å². The predicted octanol–water partition coefficient (Wildman–Crippen LogP) is 16.1.